The molecule has 146 valence electrons. The van der Waals surface area contributed by atoms with Gasteiger partial charge in [0.15, 0.2) is 5.13 Å². The molecular weight excluding hydrogens is 404 g/mol. The molecule has 2 amide bonds. The van der Waals surface area contributed by atoms with E-state index in [1.54, 1.807) is 0 Å². The Labute approximate surface area is 167 Å². The van der Waals surface area contributed by atoms with E-state index in [1.165, 1.54) is 46.5 Å². The Morgan fingerprint density at radius 1 is 1.29 bits per heavy atom. The molecule has 12 heteroatoms. The summed E-state index contributed by atoms with van der Waals surface area (Å²) in [6.07, 6.45) is 1.37. The van der Waals surface area contributed by atoms with Crippen molar-refractivity contribution in [1.82, 2.24) is 20.1 Å². The van der Waals surface area contributed by atoms with Crippen LogP contribution < -0.4 is 10.6 Å². The molecule has 0 atom stereocenters. The van der Waals surface area contributed by atoms with Gasteiger partial charge < -0.3 is 20.7 Å². The van der Waals surface area contributed by atoms with Gasteiger partial charge in [-0.25, -0.2) is 4.98 Å². The van der Waals surface area contributed by atoms with Crippen molar-refractivity contribution in [2.75, 3.05) is 5.32 Å². The van der Waals surface area contributed by atoms with Gasteiger partial charge in [-0.2, -0.15) is 4.68 Å². The second-order valence-electron chi connectivity index (χ2n) is 5.78. The Bertz CT molecular complexity index is 1040. The van der Waals surface area contributed by atoms with Crippen LogP contribution in [-0.4, -0.2) is 31.5 Å². The van der Waals surface area contributed by atoms with Crippen molar-refractivity contribution in [3.63, 3.8) is 0 Å². The van der Waals surface area contributed by atoms with Crippen LogP contribution in [0.2, 0.25) is 0 Å². The molecule has 0 saturated heterocycles. The van der Waals surface area contributed by atoms with E-state index in [2.05, 4.69) is 20.7 Å². The second-order valence-corrected chi connectivity index (χ2v) is 8.15. The zero-order valence-corrected chi connectivity index (χ0v) is 16.6. The van der Waals surface area contributed by atoms with E-state index in [1.807, 2.05) is 19.1 Å². The number of amides is 2. The maximum Gasteiger partial charge on any atom is 0.389 e. The molecule has 3 aromatic heterocycles. The first kappa shape index (κ1) is 19.6. The molecule has 0 unspecified atom stereocenters. The van der Waals surface area contributed by atoms with Crippen LogP contribution in [0.15, 0.2) is 24.4 Å². The summed E-state index contributed by atoms with van der Waals surface area (Å²) >= 11 is 2.86. The lowest BCUT2D eigenvalue weighted by Gasteiger charge is -1.99. The summed E-state index contributed by atoms with van der Waals surface area (Å²) < 4.78 is 1.20. The molecule has 10 nitrogen and oxygen atoms in total. The maximum atomic E-state index is 12.2. The smallest absolute Gasteiger partial charge is 0.358 e. The standard InChI is InChI=1S/C16H16N6O4S2/c1-9-15(12-4-3-11(28-12)7-17-10(2)23)19-16(27-9)18-14(24)8-21-6-5-13(20-21)22(25)26/h3-6H,7-8H2,1-2H3,(H,17,23)(H,18,19,24). The predicted molar refractivity (Wildman–Crippen MR) is 105 cm³/mol. The molecule has 0 aliphatic carbocycles. The molecule has 3 heterocycles. The molecule has 0 aliphatic rings. The lowest BCUT2D eigenvalue weighted by molar-refractivity contribution is -0.389. The van der Waals surface area contributed by atoms with Crippen LogP contribution in [-0.2, 0) is 22.7 Å². The lowest BCUT2D eigenvalue weighted by Crippen LogP contribution is -2.19. The highest BCUT2D eigenvalue weighted by molar-refractivity contribution is 7.18. The van der Waals surface area contributed by atoms with Gasteiger partial charge in [0.1, 0.15) is 6.54 Å². The monoisotopic (exact) mass is 420 g/mol. The number of nitro groups is 1. The summed E-state index contributed by atoms with van der Waals surface area (Å²) in [5.41, 5.74) is 0.772. The number of nitrogens with zero attached hydrogens (tertiary/aromatic N) is 4. The van der Waals surface area contributed by atoms with Gasteiger partial charge in [0.2, 0.25) is 11.8 Å². The van der Waals surface area contributed by atoms with E-state index in [-0.39, 0.29) is 24.2 Å². The van der Waals surface area contributed by atoms with Gasteiger partial charge in [-0.15, -0.1) is 22.7 Å². The molecule has 0 aliphatic heterocycles. The molecule has 2 N–H and O–H groups in total. The number of aryl methyl sites for hydroxylation is 1. The van der Waals surface area contributed by atoms with Crippen LogP contribution in [0.1, 0.15) is 16.7 Å². The molecule has 0 aromatic carbocycles. The number of anilines is 1. The summed E-state index contributed by atoms with van der Waals surface area (Å²) in [5.74, 6) is -0.781. The number of hydrogen-bond donors (Lipinski definition) is 2. The van der Waals surface area contributed by atoms with Crippen molar-refractivity contribution < 1.29 is 14.5 Å². The lowest BCUT2D eigenvalue weighted by atomic mass is 10.3. The zero-order valence-electron chi connectivity index (χ0n) is 15.0. The van der Waals surface area contributed by atoms with Crippen LogP contribution in [0.5, 0.6) is 0 Å². The summed E-state index contributed by atoms with van der Waals surface area (Å²) in [6, 6.07) is 5.09. The Morgan fingerprint density at radius 3 is 2.75 bits per heavy atom. The molecular formula is C16H16N6O4S2. The van der Waals surface area contributed by atoms with Crippen LogP contribution >= 0.6 is 22.7 Å². The van der Waals surface area contributed by atoms with Gasteiger partial charge in [-0.05, 0) is 24.0 Å². The van der Waals surface area contributed by atoms with Crippen LogP contribution in [0.4, 0.5) is 10.9 Å². The third-order valence-electron chi connectivity index (χ3n) is 3.57. The Hall–Kier alpha value is -3.12. The van der Waals surface area contributed by atoms with Crippen molar-refractivity contribution in [3.8, 4) is 10.6 Å². The van der Waals surface area contributed by atoms with Crippen LogP contribution in [0.3, 0.4) is 0 Å². The van der Waals surface area contributed by atoms with Gasteiger partial charge in [-0.1, -0.05) is 0 Å². The van der Waals surface area contributed by atoms with Crippen molar-refractivity contribution >= 4 is 45.4 Å². The normalized spacial score (nSPS) is 10.6. The van der Waals surface area contributed by atoms with Gasteiger partial charge in [-0.3, -0.25) is 9.59 Å². The number of carbonyl (C=O) groups excluding carboxylic acids is 2. The summed E-state index contributed by atoms with van der Waals surface area (Å²) in [5, 5.41) is 20.2. The van der Waals surface area contributed by atoms with Gasteiger partial charge >= 0.3 is 5.82 Å². The molecule has 3 aromatic rings. The Kier molecular flexibility index (Phi) is 5.80. The number of carbonyl (C=O) groups is 2. The van der Waals surface area contributed by atoms with Crippen LogP contribution in [0, 0.1) is 17.0 Å². The topological polar surface area (TPSA) is 132 Å². The molecule has 0 fully saturated rings. The average molecular weight is 420 g/mol. The summed E-state index contributed by atoms with van der Waals surface area (Å²) in [7, 11) is 0. The van der Waals surface area contributed by atoms with E-state index < -0.39 is 4.92 Å². The number of thiophene rings is 1. The molecule has 0 radical (unpaired) electrons. The third-order valence-corrected chi connectivity index (χ3v) is 5.55. The Balaban J connectivity index is 1.65. The average Bonchev–Trinajstić information content (AvgIpc) is 3.33. The minimum atomic E-state index is -0.619. The van der Waals surface area contributed by atoms with E-state index in [4.69, 9.17) is 0 Å². The van der Waals surface area contributed by atoms with Crippen molar-refractivity contribution in [3.05, 3.63) is 44.3 Å². The van der Waals surface area contributed by atoms with E-state index in [9.17, 15) is 19.7 Å². The summed E-state index contributed by atoms with van der Waals surface area (Å²) in [6.45, 7) is 3.69. The first-order valence-corrected chi connectivity index (χ1v) is 9.74. The molecule has 28 heavy (non-hydrogen) atoms. The summed E-state index contributed by atoms with van der Waals surface area (Å²) in [4.78, 5) is 40.6. The zero-order chi connectivity index (χ0) is 20.3. The van der Waals surface area contributed by atoms with Gasteiger partial charge in [0.25, 0.3) is 0 Å². The van der Waals surface area contributed by atoms with E-state index in [0.717, 1.165) is 20.3 Å². The van der Waals surface area contributed by atoms with E-state index in [0.29, 0.717) is 11.7 Å². The molecule has 0 spiro atoms. The fraction of sp³-hybridized carbons (Fsp3) is 0.250. The highest BCUT2D eigenvalue weighted by atomic mass is 32.1. The number of rotatable bonds is 7. The first-order valence-electron chi connectivity index (χ1n) is 8.10. The number of aromatic nitrogens is 3. The fourth-order valence-electron chi connectivity index (χ4n) is 2.33. The second kappa shape index (κ2) is 8.27. The Morgan fingerprint density at radius 2 is 2.07 bits per heavy atom. The van der Waals surface area contributed by atoms with Gasteiger partial charge in [0, 0.05) is 16.7 Å². The van der Waals surface area contributed by atoms with Crippen molar-refractivity contribution in [2.45, 2.75) is 26.9 Å². The minimum absolute atomic E-state index is 0.0905. The van der Waals surface area contributed by atoms with Crippen molar-refractivity contribution in [1.29, 1.82) is 0 Å². The predicted octanol–water partition coefficient (Wildman–Crippen LogP) is 2.56. The molecule has 0 bridgehead atoms. The van der Waals surface area contributed by atoms with Crippen molar-refractivity contribution in [2.24, 2.45) is 0 Å². The first-order chi connectivity index (χ1) is 13.3. The highest BCUT2D eigenvalue weighted by Gasteiger charge is 2.16. The van der Waals surface area contributed by atoms with Crippen LogP contribution in [0.25, 0.3) is 10.6 Å². The van der Waals surface area contributed by atoms with E-state index >= 15 is 0 Å². The largest absolute Gasteiger partial charge is 0.389 e. The number of nitrogens with one attached hydrogen (secondary N) is 2. The molecule has 3 rings (SSSR count). The number of hydrogen-bond acceptors (Lipinski definition) is 8. The third kappa shape index (κ3) is 4.78. The fourth-order valence-corrected chi connectivity index (χ4v) is 4.24. The highest BCUT2D eigenvalue weighted by Crippen LogP contribution is 2.34. The SMILES string of the molecule is CC(=O)NCc1ccc(-c2nc(NC(=O)Cn3ccc([N+](=O)[O-])n3)sc2C)s1. The number of thiazole rings is 1. The van der Waals surface area contributed by atoms with Gasteiger partial charge in [0.05, 0.1) is 34.5 Å². The quantitative estimate of drug-likeness (QED) is 0.446. The molecule has 0 saturated carbocycles. The minimum Gasteiger partial charge on any atom is -0.358 e. The maximum absolute atomic E-state index is 12.2.